The molecular weight excluding hydrogens is 232 g/mol. The third-order valence-electron chi connectivity index (χ3n) is 1.70. The van der Waals surface area contributed by atoms with Gasteiger partial charge in [-0.15, -0.1) is 0 Å². The molecule has 2 nitrogen and oxygen atoms in total. The summed E-state index contributed by atoms with van der Waals surface area (Å²) >= 11 is 3.28. The molecule has 0 spiro atoms. The van der Waals surface area contributed by atoms with Crippen LogP contribution in [0.1, 0.15) is 11.7 Å². The molecule has 0 amide bonds. The SMILES string of the molecule is C=C(C=O)C(O)c1ccccc1Br. The van der Waals surface area contributed by atoms with Crippen molar-refractivity contribution >= 4 is 22.2 Å². The molecule has 0 saturated heterocycles. The van der Waals surface area contributed by atoms with Gasteiger partial charge >= 0.3 is 0 Å². The fourth-order valence-corrected chi connectivity index (χ4v) is 1.46. The minimum absolute atomic E-state index is 0.159. The van der Waals surface area contributed by atoms with Gasteiger partial charge < -0.3 is 5.11 Å². The second kappa shape index (κ2) is 4.35. The highest BCUT2D eigenvalue weighted by Crippen LogP contribution is 2.26. The van der Waals surface area contributed by atoms with Crippen LogP contribution in [-0.2, 0) is 4.79 Å². The number of carbonyl (C=O) groups excluding carboxylic acids is 1. The Morgan fingerprint density at radius 3 is 2.69 bits per heavy atom. The number of carbonyl (C=O) groups is 1. The first-order valence-electron chi connectivity index (χ1n) is 3.73. The summed E-state index contributed by atoms with van der Waals surface area (Å²) in [7, 11) is 0. The molecule has 0 aromatic heterocycles. The summed E-state index contributed by atoms with van der Waals surface area (Å²) < 4.78 is 0.769. The predicted octanol–water partition coefficient (Wildman–Crippen LogP) is 2.24. The maximum atomic E-state index is 10.4. The van der Waals surface area contributed by atoms with Gasteiger partial charge in [0.15, 0.2) is 0 Å². The molecule has 1 rings (SSSR count). The number of aliphatic hydroxyl groups is 1. The van der Waals surface area contributed by atoms with Crippen LogP contribution in [0.15, 0.2) is 40.9 Å². The van der Waals surface area contributed by atoms with Gasteiger partial charge in [0.25, 0.3) is 0 Å². The molecular formula is C10H9BrO2. The summed E-state index contributed by atoms with van der Waals surface area (Å²) in [5, 5.41) is 9.61. The van der Waals surface area contributed by atoms with E-state index in [2.05, 4.69) is 22.5 Å². The number of hydrogen-bond acceptors (Lipinski definition) is 2. The Hall–Kier alpha value is -0.930. The van der Waals surface area contributed by atoms with Crippen LogP contribution in [0.5, 0.6) is 0 Å². The maximum Gasteiger partial charge on any atom is 0.148 e. The van der Waals surface area contributed by atoms with Crippen molar-refractivity contribution in [1.82, 2.24) is 0 Å². The highest BCUT2D eigenvalue weighted by atomic mass is 79.9. The largest absolute Gasteiger partial charge is 0.384 e. The molecule has 0 aliphatic carbocycles. The topological polar surface area (TPSA) is 37.3 Å². The quantitative estimate of drug-likeness (QED) is 0.650. The van der Waals surface area contributed by atoms with E-state index in [4.69, 9.17) is 0 Å². The number of aliphatic hydroxyl groups excluding tert-OH is 1. The number of hydrogen-bond donors (Lipinski definition) is 1. The highest BCUT2D eigenvalue weighted by molar-refractivity contribution is 9.10. The first-order valence-corrected chi connectivity index (χ1v) is 4.52. The predicted molar refractivity (Wildman–Crippen MR) is 54.3 cm³/mol. The fourth-order valence-electron chi connectivity index (χ4n) is 0.961. The lowest BCUT2D eigenvalue weighted by Crippen LogP contribution is -2.02. The fraction of sp³-hybridized carbons (Fsp3) is 0.100. The molecule has 0 aliphatic heterocycles. The summed E-state index contributed by atoms with van der Waals surface area (Å²) in [6, 6.07) is 7.17. The van der Waals surface area contributed by atoms with Crippen LogP contribution in [0, 0.1) is 0 Å². The molecule has 0 bridgehead atoms. The van der Waals surface area contributed by atoms with E-state index < -0.39 is 6.10 Å². The average molecular weight is 241 g/mol. The Morgan fingerprint density at radius 2 is 2.15 bits per heavy atom. The Labute approximate surface area is 85.0 Å². The van der Waals surface area contributed by atoms with E-state index >= 15 is 0 Å². The van der Waals surface area contributed by atoms with E-state index in [9.17, 15) is 9.90 Å². The first-order chi connectivity index (χ1) is 6.16. The Bertz CT molecular complexity index is 333. The number of halogens is 1. The molecule has 0 aliphatic rings. The molecule has 1 atom stereocenters. The van der Waals surface area contributed by atoms with Crippen LogP contribution >= 0.6 is 15.9 Å². The van der Waals surface area contributed by atoms with Crippen LogP contribution in [0.4, 0.5) is 0 Å². The minimum Gasteiger partial charge on any atom is -0.384 e. The van der Waals surface area contributed by atoms with Crippen molar-refractivity contribution in [2.24, 2.45) is 0 Å². The van der Waals surface area contributed by atoms with Crippen LogP contribution in [0.25, 0.3) is 0 Å². The summed E-state index contributed by atoms with van der Waals surface area (Å²) in [6.07, 6.45) is -0.363. The Balaban J connectivity index is 3.01. The molecule has 0 saturated carbocycles. The summed E-state index contributed by atoms with van der Waals surface area (Å²) in [5.41, 5.74) is 0.812. The lowest BCUT2D eigenvalue weighted by atomic mass is 10.0. The normalized spacial score (nSPS) is 12.2. The third-order valence-corrected chi connectivity index (χ3v) is 2.42. The van der Waals surface area contributed by atoms with Gasteiger partial charge in [-0.25, -0.2) is 0 Å². The molecule has 3 heteroatoms. The molecule has 13 heavy (non-hydrogen) atoms. The number of aldehydes is 1. The molecule has 0 heterocycles. The van der Waals surface area contributed by atoms with Crippen molar-refractivity contribution in [1.29, 1.82) is 0 Å². The second-order valence-electron chi connectivity index (χ2n) is 2.62. The van der Waals surface area contributed by atoms with E-state index in [1.54, 1.807) is 18.2 Å². The van der Waals surface area contributed by atoms with Gasteiger partial charge in [-0.1, -0.05) is 40.7 Å². The van der Waals surface area contributed by atoms with E-state index in [1.807, 2.05) is 6.07 Å². The van der Waals surface area contributed by atoms with E-state index in [0.29, 0.717) is 11.8 Å². The Morgan fingerprint density at radius 1 is 1.54 bits per heavy atom. The van der Waals surface area contributed by atoms with E-state index in [-0.39, 0.29) is 5.57 Å². The molecule has 1 N–H and O–H groups in total. The van der Waals surface area contributed by atoms with Crippen molar-refractivity contribution in [3.63, 3.8) is 0 Å². The number of rotatable bonds is 3. The second-order valence-corrected chi connectivity index (χ2v) is 3.47. The molecule has 1 unspecified atom stereocenters. The standard InChI is InChI=1S/C10H9BrO2/c1-7(6-12)10(13)8-4-2-3-5-9(8)11/h2-6,10,13H,1H2. The lowest BCUT2D eigenvalue weighted by molar-refractivity contribution is -0.105. The summed E-state index contributed by atoms with van der Waals surface area (Å²) in [5.74, 6) is 0. The van der Waals surface area contributed by atoms with Gasteiger partial charge in [-0.3, -0.25) is 4.79 Å². The third kappa shape index (κ3) is 2.26. The van der Waals surface area contributed by atoms with Crippen LogP contribution in [0.2, 0.25) is 0 Å². The molecule has 1 aromatic carbocycles. The van der Waals surface area contributed by atoms with Crippen molar-refractivity contribution in [3.8, 4) is 0 Å². The van der Waals surface area contributed by atoms with Gasteiger partial charge in [-0.05, 0) is 11.6 Å². The van der Waals surface area contributed by atoms with Crippen molar-refractivity contribution < 1.29 is 9.90 Å². The van der Waals surface area contributed by atoms with Crippen molar-refractivity contribution in [2.75, 3.05) is 0 Å². The van der Waals surface area contributed by atoms with Crippen LogP contribution < -0.4 is 0 Å². The molecule has 68 valence electrons. The Kier molecular flexibility index (Phi) is 3.39. The van der Waals surface area contributed by atoms with Gasteiger partial charge in [0.1, 0.15) is 12.4 Å². The van der Waals surface area contributed by atoms with Crippen LogP contribution in [-0.4, -0.2) is 11.4 Å². The molecule has 1 aromatic rings. The van der Waals surface area contributed by atoms with E-state index in [1.165, 1.54) is 0 Å². The van der Waals surface area contributed by atoms with Crippen molar-refractivity contribution in [2.45, 2.75) is 6.10 Å². The van der Waals surface area contributed by atoms with Gasteiger partial charge in [0.2, 0.25) is 0 Å². The zero-order valence-corrected chi connectivity index (χ0v) is 8.49. The smallest absolute Gasteiger partial charge is 0.148 e. The summed E-state index contributed by atoms with van der Waals surface area (Å²) in [4.78, 5) is 10.4. The maximum absolute atomic E-state index is 10.4. The first kappa shape index (κ1) is 10.2. The van der Waals surface area contributed by atoms with Crippen LogP contribution in [0.3, 0.4) is 0 Å². The highest BCUT2D eigenvalue weighted by Gasteiger charge is 2.12. The lowest BCUT2D eigenvalue weighted by Gasteiger charge is -2.10. The zero-order chi connectivity index (χ0) is 9.84. The minimum atomic E-state index is -0.923. The van der Waals surface area contributed by atoms with Gasteiger partial charge in [0.05, 0.1) is 0 Å². The van der Waals surface area contributed by atoms with E-state index in [0.717, 1.165) is 4.47 Å². The van der Waals surface area contributed by atoms with Gasteiger partial charge in [-0.2, -0.15) is 0 Å². The summed E-state index contributed by atoms with van der Waals surface area (Å²) in [6.45, 7) is 3.45. The average Bonchev–Trinajstić information content (AvgIpc) is 2.16. The number of benzene rings is 1. The molecule has 0 fully saturated rings. The monoisotopic (exact) mass is 240 g/mol. The van der Waals surface area contributed by atoms with Gasteiger partial charge in [0, 0.05) is 10.0 Å². The zero-order valence-electron chi connectivity index (χ0n) is 6.90. The van der Waals surface area contributed by atoms with Crippen molar-refractivity contribution in [3.05, 3.63) is 46.5 Å². The molecule has 0 radical (unpaired) electrons.